The Morgan fingerprint density at radius 1 is 1.40 bits per heavy atom. The molecule has 2 bridgehead atoms. The number of piperidine rings is 1. The lowest BCUT2D eigenvalue weighted by Gasteiger charge is -2.37. The van der Waals surface area contributed by atoms with Gasteiger partial charge < -0.3 is 10.4 Å². The molecule has 0 aliphatic carbocycles. The molecule has 3 heteroatoms. The fourth-order valence-corrected chi connectivity index (χ4v) is 3.07. The van der Waals surface area contributed by atoms with E-state index >= 15 is 0 Å². The lowest BCUT2D eigenvalue weighted by Crippen LogP contribution is -2.45. The number of fused-ring (bicyclic) bond motifs is 2. The Balaban J connectivity index is 1.91. The lowest BCUT2D eigenvalue weighted by molar-refractivity contribution is 0.0406. The highest BCUT2D eigenvalue weighted by Crippen LogP contribution is 2.35. The molecule has 15 heavy (non-hydrogen) atoms. The SMILES string of the molecule is C=C(CNC)CN1C2CCC1CC(O)C2. The summed E-state index contributed by atoms with van der Waals surface area (Å²) in [5.74, 6) is 0. The molecular weight excluding hydrogens is 188 g/mol. The third-order valence-electron chi connectivity index (χ3n) is 3.69. The molecule has 0 amide bonds. The Kier molecular flexibility index (Phi) is 3.44. The van der Waals surface area contributed by atoms with Gasteiger partial charge in [0.2, 0.25) is 0 Å². The van der Waals surface area contributed by atoms with E-state index in [-0.39, 0.29) is 6.10 Å². The van der Waals surface area contributed by atoms with Crippen LogP contribution < -0.4 is 5.32 Å². The summed E-state index contributed by atoms with van der Waals surface area (Å²) in [6.07, 6.45) is 4.38. The van der Waals surface area contributed by atoms with Crippen LogP contribution in [-0.2, 0) is 0 Å². The van der Waals surface area contributed by atoms with Crippen LogP contribution in [0.2, 0.25) is 0 Å². The van der Waals surface area contributed by atoms with Crippen LogP contribution in [0.3, 0.4) is 0 Å². The summed E-state index contributed by atoms with van der Waals surface area (Å²) in [6, 6.07) is 1.21. The minimum Gasteiger partial charge on any atom is -0.393 e. The molecule has 0 saturated carbocycles. The number of nitrogens with one attached hydrogen (secondary N) is 1. The van der Waals surface area contributed by atoms with Gasteiger partial charge in [0.15, 0.2) is 0 Å². The zero-order chi connectivity index (χ0) is 10.8. The Morgan fingerprint density at radius 3 is 2.53 bits per heavy atom. The van der Waals surface area contributed by atoms with E-state index in [4.69, 9.17) is 0 Å². The van der Waals surface area contributed by atoms with Gasteiger partial charge >= 0.3 is 0 Å². The fraction of sp³-hybridized carbons (Fsp3) is 0.833. The first kappa shape index (κ1) is 11.1. The zero-order valence-electron chi connectivity index (χ0n) is 9.58. The summed E-state index contributed by atoms with van der Waals surface area (Å²) in [4.78, 5) is 2.55. The number of hydrogen-bond acceptors (Lipinski definition) is 3. The molecule has 3 nitrogen and oxygen atoms in total. The highest BCUT2D eigenvalue weighted by Gasteiger charge is 2.39. The summed E-state index contributed by atoms with van der Waals surface area (Å²) < 4.78 is 0. The van der Waals surface area contributed by atoms with Crippen LogP contribution in [0, 0.1) is 0 Å². The Labute approximate surface area is 92.2 Å². The van der Waals surface area contributed by atoms with E-state index in [1.54, 1.807) is 0 Å². The maximum Gasteiger partial charge on any atom is 0.0570 e. The Hall–Kier alpha value is -0.380. The van der Waals surface area contributed by atoms with E-state index in [2.05, 4.69) is 16.8 Å². The predicted octanol–water partition coefficient (Wildman–Crippen LogP) is 0.750. The number of aliphatic hydroxyl groups excluding tert-OH is 1. The van der Waals surface area contributed by atoms with Gasteiger partial charge in [-0.05, 0) is 38.3 Å². The molecule has 2 aliphatic heterocycles. The van der Waals surface area contributed by atoms with Crippen molar-refractivity contribution in [2.75, 3.05) is 20.1 Å². The molecular formula is C12H22N2O. The maximum absolute atomic E-state index is 9.68. The first-order chi connectivity index (χ1) is 7.20. The van der Waals surface area contributed by atoms with Gasteiger partial charge in [-0.25, -0.2) is 0 Å². The summed E-state index contributed by atoms with van der Waals surface area (Å²) in [7, 11) is 1.96. The number of nitrogens with zero attached hydrogens (tertiary/aromatic N) is 1. The number of likely N-dealkylation sites (N-methyl/N-ethyl adjacent to an activating group) is 1. The molecule has 2 N–H and O–H groups in total. The van der Waals surface area contributed by atoms with Crippen molar-refractivity contribution in [3.05, 3.63) is 12.2 Å². The number of aliphatic hydroxyl groups is 1. The normalized spacial score (nSPS) is 35.7. The molecule has 2 fully saturated rings. The number of rotatable bonds is 4. The maximum atomic E-state index is 9.68. The van der Waals surface area contributed by atoms with Crippen molar-refractivity contribution < 1.29 is 5.11 Å². The zero-order valence-corrected chi connectivity index (χ0v) is 9.58. The molecule has 0 aromatic rings. The molecule has 2 aliphatic rings. The van der Waals surface area contributed by atoms with Crippen LogP contribution in [0.4, 0.5) is 0 Å². The van der Waals surface area contributed by atoms with Crippen molar-refractivity contribution in [2.24, 2.45) is 0 Å². The van der Waals surface area contributed by atoms with Gasteiger partial charge in [0, 0.05) is 25.2 Å². The minimum atomic E-state index is -0.0590. The molecule has 0 aromatic heterocycles. The third-order valence-corrected chi connectivity index (χ3v) is 3.69. The summed E-state index contributed by atoms with van der Waals surface area (Å²) in [6.45, 7) is 5.99. The summed E-state index contributed by atoms with van der Waals surface area (Å²) in [5, 5.41) is 12.8. The second-order valence-corrected chi connectivity index (χ2v) is 4.96. The van der Waals surface area contributed by atoms with Crippen molar-refractivity contribution in [3.8, 4) is 0 Å². The van der Waals surface area contributed by atoms with Crippen LogP contribution >= 0.6 is 0 Å². The summed E-state index contributed by atoms with van der Waals surface area (Å²) >= 11 is 0. The smallest absolute Gasteiger partial charge is 0.0570 e. The second-order valence-electron chi connectivity index (χ2n) is 4.96. The molecule has 0 aromatic carbocycles. The molecule has 2 unspecified atom stereocenters. The van der Waals surface area contributed by atoms with E-state index in [0.29, 0.717) is 12.1 Å². The van der Waals surface area contributed by atoms with E-state index < -0.39 is 0 Å². The standard InChI is InChI=1S/C12H22N2O/c1-9(7-13-2)8-14-10-3-4-11(14)6-12(15)5-10/h10-13,15H,1,3-8H2,2H3. The van der Waals surface area contributed by atoms with Crippen LogP contribution in [0.1, 0.15) is 25.7 Å². The first-order valence-electron chi connectivity index (χ1n) is 5.95. The van der Waals surface area contributed by atoms with Gasteiger partial charge in [-0.1, -0.05) is 6.58 Å². The van der Waals surface area contributed by atoms with E-state index in [0.717, 1.165) is 25.9 Å². The first-order valence-corrected chi connectivity index (χ1v) is 5.95. The van der Waals surface area contributed by atoms with Crippen molar-refractivity contribution >= 4 is 0 Å². The summed E-state index contributed by atoms with van der Waals surface area (Å²) in [5.41, 5.74) is 1.26. The molecule has 2 heterocycles. The lowest BCUT2D eigenvalue weighted by atomic mass is 9.99. The van der Waals surface area contributed by atoms with Crippen molar-refractivity contribution in [1.29, 1.82) is 0 Å². The van der Waals surface area contributed by atoms with Gasteiger partial charge in [0.25, 0.3) is 0 Å². The van der Waals surface area contributed by atoms with Gasteiger partial charge in [-0.15, -0.1) is 0 Å². The highest BCUT2D eigenvalue weighted by molar-refractivity contribution is 5.05. The molecule has 0 spiro atoms. The van der Waals surface area contributed by atoms with Gasteiger partial charge in [-0.3, -0.25) is 4.90 Å². The Morgan fingerprint density at radius 2 is 2.00 bits per heavy atom. The quantitative estimate of drug-likeness (QED) is 0.672. The number of hydrogen-bond donors (Lipinski definition) is 2. The minimum absolute atomic E-state index is 0.0590. The van der Waals surface area contributed by atoms with Crippen molar-refractivity contribution in [1.82, 2.24) is 10.2 Å². The molecule has 0 radical (unpaired) electrons. The van der Waals surface area contributed by atoms with Crippen LogP contribution in [0.15, 0.2) is 12.2 Å². The molecule has 86 valence electrons. The highest BCUT2D eigenvalue weighted by atomic mass is 16.3. The average Bonchev–Trinajstić information content (AvgIpc) is 2.44. The van der Waals surface area contributed by atoms with E-state index in [1.165, 1.54) is 18.4 Å². The third kappa shape index (κ3) is 2.41. The van der Waals surface area contributed by atoms with E-state index in [9.17, 15) is 5.11 Å². The molecule has 2 rings (SSSR count). The van der Waals surface area contributed by atoms with Gasteiger partial charge in [0.05, 0.1) is 6.10 Å². The largest absolute Gasteiger partial charge is 0.393 e. The average molecular weight is 210 g/mol. The predicted molar refractivity (Wildman–Crippen MR) is 61.8 cm³/mol. The van der Waals surface area contributed by atoms with Crippen molar-refractivity contribution in [2.45, 2.75) is 43.9 Å². The topological polar surface area (TPSA) is 35.5 Å². The van der Waals surface area contributed by atoms with Gasteiger partial charge in [0.1, 0.15) is 0 Å². The van der Waals surface area contributed by atoms with Crippen LogP contribution in [0.25, 0.3) is 0 Å². The van der Waals surface area contributed by atoms with Crippen LogP contribution in [-0.4, -0.2) is 48.3 Å². The second kappa shape index (κ2) is 4.64. The van der Waals surface area contributed by atoms with Crippen molar-refractivity contribution in [3.63, 3.8) is 0 Å². The monoisotopic (exact) mass is 210 g/mol. The van der Waals surface area contributed by atoms with Crippen LogP contribution in [0.5, 0.6) is 0 Å². The fourth-order valence-electron chi connectivity index (χ4n) is 3.07. The molecule has 2 atom stereocenters. The Bertz CT molecular complexity index is 228. The van der Waals surface area contributed by atoms with E-state index in [1.807, 2.05) is 7.05 Å². The van der Waals surface area contributed by atoms with Gasteiger partial charge in [-0.2, -0.15) is 0 Å². The molecule has 2 saturated heterocycles.